The molecule has 1 aliphatic heterocycles. The molecule has 1 fully saturated rings. The van der Waals surface area contributed by atoms with Crippen molar-refractivity contribution in [1.29, 1.82) is 0 Å². The molecule has 1 heterocycles. The van der Waals surface area contributed by atoms with Crippen molar-refractivity contribution in [3.05, 3.63) is 53.1 Å². The average Bonchev–Trinajstić information content (AvgIpc) is 3.01. The van der Waals surface area contributed by atoms with Crippen LogP contribution in [-0.4, -0.2) is 33.9 Å². The van der Waals surface area contributed by atoms with Crippen LogP contribution in [0.1, 0.15) is 18.4 Å². The molecule has 0 atom stereocenters. The number of imide groups is 1. The van der Waals surface area contributed by atoms with Gasteiger partial charge in [-0.2, -0.15) is 0 Å². The summed E-state index contributed by atoms with van der Waals surface area (Å²) in [6.45, 7) is 0.166. The fourth-order valence-corrected chi connectivity index (χ4v) is 4.28. The molecule has 1 aliphatic rings. The van der Waals surface area contributed by atoms with Crippen molar-refractivity contribution >= 4 is 39.1 Å². The van der Waals surface area contributed by atoms with E-state index >= 15 is 0 Å². The van der Waals surface area contributed by atoms with Gasteiger partial charge in [-0.1, -0.05) is 23.7 Å². The summed E-state index contributed by atoms with van der Waals surface area (Å²) < 4.78 is 33.3. The van der Waals surface area contributed by atoms with E-state index in [1.54, 1.807) is 12.1 Å². The zero-order chi connectivity index (χ0) is 20.3. The first-order valence-electron chi connectivity index (χ1n) is 8.60. The zero-order valence-corrected chi connectivity index (χ0v) is 16.7. The van der Waals surface area contributed by atoms with Gasteiger partial charge in [0.25, 0.3) is 0 Å². The van der Waals surface area contributed by atoms with E-state index in [4.69, 9.17) is 16.3 Å². The fourth-order valence-electron chi connectivity index (χ4n) is 2.94. The van der Waals surface area contributed by atoms with Crippen LogP contribution in [-0.2, 0) is 26.0 Å². The second kappa shape index (κ2) is 8.30. The minimum absolute atomic E-state index is 0.117. The molecule has 28 heavy (non-hydrogen) atoms. The van der Waals surface area contributed by atoms with Crippen LogP contribution < -0.4 is 14.4 Å². The molecule has 0 aromatic heterocycles. The molecule has 1 N–H and O–H groups in total. The molecule has 0 aliphatic carbocycles. The standard InChI is InChI=1S/C19H19ClN2O5S/c1-27-16-7-6-15(22-18(23)8-9-19(22)24)12-17(16)28(25,26)21-11-10-13-2-4-14(20)5-3-13/h2-7,12,21H,8-11H2,1H3. The average molecular weight is 423 g/mol. The van der Waals surface area contributed by atoms with Gasteiger partial charge in [0, 0.05) is 24.4 Å². The maximum Gasteiger partial charge on any atom is 0.244 e. The van der Waals surface area contributed by atoms with E-state index in [1.807, 2.05) is 12.1 Å². The molecule has 2 amide bonds. The van der Waals surface area contributed by atoms with Crippen LogP contribution >= 0.6 is 11.6 Å². The molecular weight excluding hydrogens is 404 g/mol. The number of benzene rings is 2. The lowest BCUT2D eigenvalue weighted by atomic mass is 10.2. The minimum atomic E-state index is -3.92. The first-order chi connectivity index (χ1) is 13.3. The summed E-state index contributed by atoms with van der Waals surface area (Å²) >= 11 is 5.84. The number of rotatable bonds is 7. The van der Waals surface area contributed by atoms with Crippen molar-refractivity contribution in [2.75, 3.05) is 18.6 Å². The van der Waals surface area contributed by atoms with Crippen molar-refractivity contribution < 1.29 is 22.7 Å². The van der Waals surface area contributed by atoms with E-state index in [0.717, 1.165) is 10.5 Å². The molecule has 9 heteroatoms. The molecule has 2 aromatic carbocycles. The van der Waals surface area contributed by atoms with Crippen LogP contribution in [0.4, 0.5) is 5.69 Å². The minimum Gasteiger partial charge on any atom is -0.495 e. The van der Waals surface area contributed by atoms with Gasteiger partial charge in [0.1, 0.15) is 10.6 Å². The molecule has 2 aromatic rings. The fraction of sp³-hybridized carbons (Fsp3) is 0.263. The third kappa shape index (κ3) is 4.35. The van der Waals surface area contributed by atoms with Crippen LogP contribution in [0.15, 0.2) is 47.4 Å². The zero-order valence-electron chi connectivity index (χ0n) is 15.1. The number of hydrogen-bond acceptors (Lipinski definition) is 5. The Balaban J connectivity index is 1.81. The highest BCUT2D eigenvalue weighted by Crippen LogP contribution is 2.31. The van der Waals surface area contributed by atoms with E-state index in [1.165, 1.54) is 25.3 Å². The number of hydrogen-bond donors (Lipinski definition) is 1. The highest BCUT2D eigenvalue weighted by Gasteiger charge is 2.32. The summed E-state index contributed by atoms with van der Waals surface area (Å²) in [5.74, 6) is -0.578. The van der Waals surface area contributed by atoms with E-state index in [2.05, 4.69) is 4.72 Å². The monoisotopic (exact) mass is 422 g/mol. The third-order valence-electron chi connectivity index (χ3n) is 4.37. The van der Waals surface area contributed by atoms with Crippen molar-refractivity contribution in [3.63, 3.8) is 0 Å². The van der Waals surface area contributed by atoms with Crippen molar-refractivity contribution in [2.45, 2.75) is 24.2 Å². The first-order valence-corrected chi connectivity index (χ1v) is 10.5. The largest absolute Gasteiger partial charge is 0.495 e. The van der Waals surface area contributed by atoms with Crippen molar-refractivity contribution in [1.82, 2.24) is 4.72 Å². The number of nitrogens with zero attached hydrogens (tertiary/aromatic N) is 1. The second-order valence-electron chi connectivity index (χ2n) is 6.23. The summed E-state index contributed by atoms with van der Waals surface area (Å²) in [6, 6.07) is 11.3. The number of halogens is 1. The van der Waals surface area contributed by atoms with Crippen LogP contribution in [0, 0.1) is 0 Å². The third-order valence-corrected chi connectivity index (χ3v) is 6.10. The Morgan fingerprint density at radius 2 is 1.71 bits per heavy atom. The predicted molar refractivity (Wildman–Crippen MR) is 105 cm³/mol. The Morgan fingerprint density at radius 3 is 2.32 bits per heavy atom. The van der Waals surface area contributed by atoms with Gasteiger partial charge in [0.2, 0.25) is 21.8 Å². The number of methoxy groups -OCH3 is 1. The number of nitrogens with one attached hydrogen (secondary N) is 1. The summed E-state index contributed by atoms with van der Waals surface area (Å²) in [4.78, 5) is 24.8. The van der Waals surface area contributed by atoms with E-state index in [9.17, 15) is 18.0 Å². The van der Waals surface area contributed by atoms with Gasteiger partial charge in [-0.15, -0.1) is 0 Å². The van der Waals surface area contributed by atoms with E-state index in [0.29, 0.717) is 11.4 Å². The molecule has 0 radical (unpaired) electrons. The van der Waals surface area contributed by atoms with E-state index < -0.39 is 10.0 Å². The summed E-state index contributed by atoms with van der Waals surface area (Å²) in [7, 11) is -2.56. The van der Waals surface area contributed by atoms with Gasteiger partial charge < -0.3 is 4.74 Å². The Kier molecular flexibility index (Phi) is 6.02. The lowest BCUT2D eigenvalue weighted by Gasteiger charge is -2.17. The van der Waals surface area contributed by atoms with Crippen LogP contribution in [0.2, 0.25) is 5.02 Å². The summed E-state index contributed by atoms with van der Waals surface area (Å²) in [6.07, 6.45) is 0.708. The molecule has 7 nitrogen and oxygen atoms in total. The van der Waals surface area contributed by atoms with Crippen LogP contribution in [0.3, 0.4) is 0 Å². The van der Waals surface area contributed by atoms with E-state index in [-0.39, 0.29) is 47.5 Å². The van der Waals surface area contributed by atoms with Crippen molar-refractivity contribution in [2.24, 2.45) is 0 Å². The molecular formula is C19H19ClN2O5S. The number of carbonyl (C=O) groups excluding carboxylic acids is 2. The Bertz CT molecular complexity index is 989. The molecule has 1 saturated heterocycles. The first kappa shape index (κ1) is 20.3. The normalized spacial score (nSPS) is 14.6. The molecule has 0 spiro atoms. The molecule has 0 bridgehead atoms. The maximum absolute atomic E-state index is 12.8. The predicted octanol–water partition coefficient (Wildman–Crippen LogP) is 2.52. The van der Waals surface area contributed by atoms with Gasteiger partial charge in [-0.05, 0) is 42.3 Å². The van der Waals surface area contributed by atoms with Crippen LogP contribution in [0.25, 0.3) is 0 Å². The lowest BCUT2D eigenvalue weighted by Crippen LogP contribution is -2.30. The van der Waals surface area contributed by atoms with Crippen molar-refractivity contribution in [3.8, 4) is 5.75 Å². The van der Waals surface area contributed by atoms with Gasteiger partial charge >= 0.3 is 0 Å². The second-order valence-corrected chi connectivity index (χ2v) is 8.40. The highest BCUT2D eigenvalue weighted by molar-refractivity contribution is 7.89. The smallest absolute Gasteiger partial charge is 0.244 e. The Labute approximate surface area is 168 Å². The maximum atomic E-state index is 12.8. The van der Waals surface area contributed by atoms with Gasteiger partial charge in [0.05, 0.1) is 12.8 Å². The molecule has 3 rings (SSSR count). The number of anilines is 1. The Hall–Kier alpha value is -2.42. The summed E-state index contributed by atoms with van der Waals surface area (Å²) in [5.41, 5.74) is 1.15. The SMILES string of the molecule is COc1ccc(N2C(=O)CCC2=O)cc1S(=O)(=O)NCCc1ccc(Cl)cc1. The molecule has 0 unspecified atom stereocenters. The molecule has 0 saturated carbocycles. The van der Waals surface area contributed by atoms with Gasteiger partial charge in [-0.3, -0.25) is 14.5 Å². The topological polar surface area (TPSA) is 92.8 Å². The van der Waals surface area contributed by atoms with Gasteiger partial charge in [0.15, 0.2) is 0 Å². The quantitative estimate of drug-likeness (QED) is 0.692. The number of amides is 2. The highest BCUT2D eigenvalue weighted by atomic mass is 35.5. The van der Waals surface area contributed by atoms with Gasteiger partial charge in [-0.25, -0.2) is 13.1 Å². The molecule has 148 valence electrons. The van der Waals surface area contributed by atoms with Crippen LogP contribution in [0.5, 0.6) is 5.75 Å². The number of sulfonamides is 1. The number of carbonyl (C=O) groups is 2. The lowest BCUT2D eigenvalue weighted by molar-refractivity contribution is -0.121. The summed E-state index contributed by atoms with van der Waals surface area (Å²) in [5, 5.41) is 0.608. The number of ether oxygens (including phenoxy) is 1. The Morgan fingerprint density at radius 1 is 1.07 bits per heavy atom.